The highest BCUT2D eigenvalue weighted by atomic mass is 16.5. The van der Waals surface area contributed by atoms with Crippen LogP contribution in [-0.4, -0.2) is 30.6 Å². The van der Waals surface area contributed by atoms with Crippen molar-refractivity contribution >= 4 is 0 Å². The zero-order chi connectivity index (χ0) is 12.4. The molecule has 1 fully saturated rings. The Morgan fingerprint density at radius 1 is 1.29 bits per heavy atom. The summed E-state index contributed by atoms with van der Waals surface area (Å²) in [5.74, 6) is 0.899. The molecule has 1 aromatic rings. The van der Waals surface area contributed by atoms with Gasteiger partial charge in [0.15, 0.2) is 0 Å². The van der Waals surface area contributed by atoms with Gasteiger partial charge in [-0.05, 0) is 38.0 Å². The van der Waals surface area contributed by atoms with Gasteiger partial charge >= 0.3 is 0 Å². The molecule has 0 aliphatic carbocycles. The average molecular weight is 234 g/mol. The molecule has 1 saturated heterocycles. The van der Waals surface area contributed by atoms with Crippen LogP contribution in [0.4, 0.5) is 0 Å². The minimum absolute atomic E-state index is 0.241. The van der Waals surface area contributed by atoms with Crippen LogP contribution in [0.3, 0.4) is 0 Å². The Kier molecular flexibility index (Phi) is 3.69. The van der Waals surface area contributed by atoms with E-state index in [1.54, 1.807) is 7.11 Å². The van der Waals surface area contributed by atoms with Crippen LogP contribution in [-0.2, 0) is 0 Å². The van der Waals surface area contributed by atoms with E-state index in [1.807, 2.05) is 12.1 Å². The van der Waals surface area contributed by atoms with E-state index in [-0.39, 0.29) is 6.04 Å². The van der Waals surface area contributed by atoms with Crippen LogP contribution < -0.4 is 10.5 Å². The molecule has 1 heterocycles. The number of benzene rings is 1. The van der Waals surface area contributed by atoms with E-state index in [1.165, 1.54) is 5.56 Å². The van der Waals surface area contributed by atoms with Gasteiger partial charge in [0.1, 0.15) is 5.75 Å². The van der Waals surface area contributed by atoms with E-state index in [2.05, 4.69) is 30.9 Å². The quantitative estimate of drug-likeness (QED) is 0.871. The van der Waals surface area contributed by atoms with Crippen LogP contribution >= 0.6 is 0 Å². The molecule has 0 radical (unpaired) electrons. The smallest absolute Gasteiger partial charge is 0.118 e. The van der Waals surface area contributed by atoms with Gasteiger partial charge in [0.25, 0.3) is 0 Å². The van der Waals surface area contributed by atoms with Crippen molar-refractivity contribution in [2.75, 3.05) is 13.7 Å². The van der Waals surface area contributed by atoms with E-state index < -0.39 is 0 Å². The molecule has 3 nitrogen and oxygen atoms in total. The number of nitrogens with two attached hydrogens (primary N) is 1. The third-order valence-electron chi connectivity index (χ3n) is 3.60. The molecule has 1 aliphatic rings. The van der Waals surface area contributed by atoms with Gasteiger partial charge in [-0.3, -0.25) is 4.90 Å². The lowest BCUT2D eigenvalue weighted by atomic mass is 10.00. The summed E-state index contributed by atoms with van der Waals surface area (Å²) in [5.41, 5.74) is 7.53. The number of hydrogen-bond donors (Lipinski definition) is 1. The molecular formula is C14H22N2O. The Morgan fingerprint density at radius 3 is 2.47 bits per heavy atom. The summed E-state index contributed by atoms with van der Waals surface area (Å²) in [6, 6.07) is 9.41. The molecule has 94 valence electrons. The lowest BCUT2D eigenvalue weighted by Crippen LogP contribution is -2.35. The lowest BCUT2D eigenvalue weighted by Gasteiger charge is -2.30. The molecule has 0 bridgehead atoms. The molecule has 2 N–H and O–H groups in total. The van der Waals surface area contributed by atoms with E-state index in [9.17, 15) is 0 Å². The van der Waals surface area contributed by atoms with Gasteiger partial charge in [-0.2, -0.15) is 0 Å². The van der Waals surface area contributed by atoms with Crippen molar-refractivity contribution in [2.24, 2.45) is 5.73 Å². The van der Waals surface area contributed by atoms with Crippen LogP contribution in [0.5, 0.6) is 5.75 Å². The first-order valence-corrected chi connectivity index (χ1v) is 6.28. The van der Waals surface area contributed by atoms with Crippen molar-refractivity contribution < 1.29 is 4.74 Å². The number of nitrogens with zero attached hydrogens (tertiary/aromatic N) is 1. The number of rotatable bonds is 3. The molecule has 2 rings (SSSR count). The zero-order valence-electron chi connectivity index (χ0n) is 10.9. The second kappa shape index (κ2) is 5.07. The number of likely N-dealkylation sites (tertiary alicyclic amines) is 1. The summed E-state index contributed by atoms with van der Waals surface area (Å²) >= 11 is 0. The van der Waals surface area contributed by atoms with Crippen LogP contribution in [0.25, 0.3) is 0 Å². The van der Waals surface area contributed by atoms with Crippen molar-refractivity contribution in [1.29, 1.82) is 0 Å². The number of hydrogen-bond acceptors (Lipinski definition) is 3. The first kappa shape index (κ1) is 12.4. The van der Waals surface area contributed by atoms with Crippen molar-refractivity contribution in [3.63, 3.8) is 0 Å². The second-order valence-corrected chi connectivity index (χ2v) is 5.00. The predicted molar refractivity (Wildman–Crippen MR) is 70.2 cm³/mol. The highest BCUT2D eigenvalue weighted by Gasteiger charge is 2.34. The highest BCUT2D eigenvalue weighted by molar-refractivity contribution is 5.30. The van der Waals surface area contributed by atoms with Crippen molar-refractivity contribution in [1.82, 2.24) is 4.90 Å². The fraction of sp³-hybridized carbons (Fsp3) is 0.571. The molecule has 0 aromatic heterocycles. The molecule has 0 saturated carbocycles. The summed E-state index contributed by atoms with van der Waals surface area (Å²) in [4.78, 5) is 2.48. The zero-order valence-corrected chi connectivity index (χ0v) is 10.9. The van der Waals surface area contributed by atoms with Crippen molar-refractivity contribution in [2.45, 2.75) is 38.4 Å². The van der Waals surface area contributed by atoms with Gasteiger partial charge in [-0.1, -0.05) is 12.1 Å². The molecule has 0 amide bonds. The molecule has 0 spiro atoms. The normalized spacial score (nSPS) is 25.5. The van der Waals surface area contributed by atoms with E-state index in [4.69, 9.17) is 10.5 Å². The molecule has 0 unspecified atom stereocenters. The molecule has 3 heteroatoms. The monoisotopic (exact) mass is 234 g/mol. The van der Waals surface area contributed by atoms with Crippen LogP contribution in [0.2, 0.25) is 0 Å². The standard InChI is InChI=1S/C14H22N2O/c1-10(2)16-9-8-13(15)14(16)11-4-6-12(17-3)7-5-11/h4-7,10,13-14H,8-9,15H2,1-3H3/t13-,14+/m1/s1. The second-order valence-electron chi connectivity index (χ2n) is 5.00. The molecular weight excluding hydrogens is 212 g/mol. The average Bonchev–Trinajstić information content (AvgIpc) is 2.71. The molecule has 17 heavy (non-hydrogen) atoms. The van der Waals surface area contributed by atoms with Gasteiger partial charge in [-0.25, -0.2) is 0 Å². The van der Waals surface area contributed by atoms with Crippen molar-refractivity contribution in [3.8, 4) is 5.75 Å². The Bertz CT molecular complexity index is 361. The van der Waals surface area contributed by atoms with E-state index in [0.29, 0.717) is 12.1 Å². The third kappa shape index (κ3) is 2.45. The Labute approximate surface area is 104 Å². The topological polar surface area (TPSA) is 38.5 Å². The van der Waals surface area contributed by atoms with Gasteiger partial charge in [-0.15, -0.1) is 0 Å². The first-order valence-electron chi connectivity index (χ1n) is 6.28. The van der Waals surface area contributed by atoms with Gasteiger partial charge < -0.3 is 10.5 Å². The van der Waals surface area contributed by atoms with Gasteiger partial charge in [0.2, 0.25) is 0 Å². The van der Waals surface area contributed by atoms with Crippen molar-refractivity contribution in [3.05, 3.63) is 29.8 Å². The lowest BCUT2D eigenvalue weighted by molar-refractivity contribution is 0.198. The Morgan fingerprint density at radius 2 is 1.94 bits per heavy atom. The fourth-order valence-electron chi connectivity index (χ4n) is 2.66. The predicted octanol–water partition coefficient (Wildman–Crippen LogP) is 2.18. The third-order valence-corrected chi connectivity index (χ3v) is 3.60. The van der Waals surface area contributed by atoms with E-state index >= 15 is 0 Å². The highest BCUT2D eigenvalue weighted by Crippen LogP contribution is 2.33. The van der Waals surface area contributed by atoms with Gasteiger partial charge in [0, 0.05) is 18.6 Å². The van der Waals surface area contributed by atoms with Crippen LogP contribution in [0.15, 0.2) is 24.3 Å². The summed E-state index contributed by atoms with van der Waals surface area (Å²) < 4.78 is 5.19. The molecule has 1 aliphatic heterocycles. The Hall–Kier alpha value is -1.06. The summed E-state index contributed by atoms with van der Waals surface area (Å²) in [6.45, 7) is 5.55. The largest absolute Gasteiger partial charge is 0.497 e. The maximum atomic E-state index is 6.24. The molecule has 2 atom stereocenters. The summed E-state index contributed by atoms with van der Waals surface area (Å²) in [6.07, 6.45) is 1.08. The maximum Gasteiger partial charge on any atom is 0.118 e. The first-order chi connectivity index (χ1) is 8.13. The van der Waals surface area contributed by atoms with Crippen LogP contribution in [0, 0.1) is 0 Å². The number of ether oxygens (including phenoxy) is 1. The summed E-state index contributed by atoms with van der Waals surface area (Å²) in [7, 11) is 1.69. The minimum atomic E-state index is 0.241. The summed E-state index contributed by atoms with van der Waals surface area (Å²) in [5, 5.41) is 0. The van der Waals surface area contributed by atoms with Crippen LogP contribution in [0.1, 0.15) is 31.9 Å². The minimum Gasteiger partial charge on any atom is -0.497 e. The molecule has 1 aromatic carbocycles. The fourth-order valence-corrected chi connectivity index (χ4v) is 2.66. The maximum absolute atomic E-state index is 6.24. The van der Waals surface area contributed by atoms with E-state index in [0.717, 1.165) is 18.7 Å². The SMILES string of the molecule is COc1ccc([C@H]2[C@H](N)CCN2C(C)C)cc1. The van der Waals surface area contributed by atoms with Gasteiger partial charge in [0.05, 0.1) is 13.2 Å². The Balaban J connectivity index is 2.23. The number of methoxy groups -OCH3 is 1.